The third-order valence-corrected chi connectivity index (χ3v) is 2.97. The van der Waals surface area contributed by atoms with Crippen LogP contribution in [0, 0.1) is 0 Å². The Morgan fingerprint density at radius 3 is 2.33 bits per heavy atom. The van der Waals surface area contributed by atoms with Crippen molar-refractivity contribution < 1.29 is 14.3 Å². The smallest absolute Gasteiger partial charge is 0.407 e. The van der Waals surface area contributed by atoms with E-state index in [1.807, 2.05) is 0 Å². The van der Waals surface area contributed by atoms with E-state index in [0.717, 1.165) is 4.47 Å². The monoisotopic (exact) mass is 356 g/mol. The average molecular weight is 357 g/mol. The number of benzene rings is 1. The quantitative estimate of drug-likeness (QED) is 0.870. The molecule has 0 aliphatic carbocycles. The van der Waals surface area contributed by atoms with Crippen LogP contribution < -0.4 is 10.6 Å². The number of nitrogens with one attached hydrogen (secondary N) is 2. The molecule has 6 heteroatoms. The molecule has 0 aromatic heterocycles. The highest BCUT2D eigenvalue weighted by atomic mass is 79.9. The van der Waals surface area contributed by atoms with Gasteiger partial charge < -0.3 is 15.4 Å². The maximum Gasteiger partial charge on any atom is 0.407 e. The molecule has 0 fully saturated rings. The Morgan fingerprint density at radius 2 is 1.81 bits per heavy atom. The molecule has 1 atom stereocenters. The summed E-state index contributed by atoms with van der Waals surface area (Å²) in [4.78, 5) is 23.5. The number of carbonyl (C=O) groups excluding carboxylic acids is 2. The number of rotatable bonds is 4. The molecule has 2 amide bonds. The van der Waals surface area contributed by atoms with Crippen molar-refractivity contribution in [2.24, 2.45) is 0 Å². The third-order valence-electron chi connectivity index (χ3n) is 2.44. The summed E-state index contributed by atoms with van der Waals surface area (Å²) in [5.41, 5.74) is 0.0347. The maximum atomic E-state index is 11.9. The highest BCUT2D eigenvalue weighted by molar-refractivity contribution is 9.10. The number of carbonyl (C=O) groups is 2. The Labute approximate surface area is 133 Å². The Bertz CT molecular complexity index is 495. The van der Waals surface area contributed by atoms with Crippen LogP contribution in [0.15, 0.2) is 28.7 Å². The first-order valence-electron chi connectivity index (χ1n) is 6.70. The van der Waals surface area contributed by atoms with E-state index in [-0.39, 0.29) is 11.9 Å². The lowest BCUT2D eigenvalue weighted by atomic mass is 10.2. The summed E-state index contributed by atoms with van der Waals surface area (Å²) in [6.45, 7) is 7.52. The highest BCUT2D eigenvalue weighted by Crippen LogP contribution is 2.10. The van der Waals surface area contributed by atoms with Crippen LogP contribution in [0.3, 0.4) is 0 Å². The zero-order valence-electron chi connectivity index (χ0n) is 12.7. The van der Waals surface area contributed by atoms with Crippen molar-refractivity contribution in [3.8, 4) is 0 Å². The van der Waals surface area contributed by atoms with Gasteiger partial charge in [-0.15, -0.1) is 0 Å². The standard InChI is InChI=1S/C15H21BrN2O3/c1-10(18-14(20)21-15(2,3)4)9-17-13(19)11-5-7-12(16)8-6-11/h5-8,10H,9H2,1-4H3,(H,17,19)(H,18,20). The summed E-state index contributed by atoms with van der Waals surface area (Å²) in [5, 5.41) is 5.43. The van der Waals surface area contributed by atoms with Gasteiger partial charge in [0.25, 0.3) is 5.91 Å². The Balaban J connectivity index is 2.39. The van der Waals surface area contributed by atoms with Crippen LogP contribution >= 0.6 is 15.9 Å². The van der Waals surface area contributed by atoms with Gasteiger partial charge in [-0.05, 0) is 52.0 Å². The summed E-state index contributed by atoms with van der Waals surface area (Å²) >= 11 is 3.31. The summed E-state index contributed by atoms with van der Waals surface area (Å²) in [6.07, 6.45) is -0.493. The molecule has 2 N–H and O–H groups in total. The van der Waals surface area contributed by atoms with Crippen LogP contribution in [-0.4, -0.2) is 30.2 Å². The van der Waals surface area contributed by atoms with Gasteiger partial charge in [0.15, 0.2) is 0 Å². The highest BCUT2D eigenvalue weighted by Gasteiger charge is 2.17. The predicted octanol–water partition coefficient (Wildman–Crippen LogP) is 3.09. The van der Waals surface area contributed by atoms with E-state index in [4.69, 9.17) is 4.74 Å². The van der Waals surface area contributed by atoms with Crippen LogP contribution in [0.2, 0.25) is 0 Å². The van der Waals surface area contributed by atoms with Crippen molar-refractivity contribution >= 4 is 27.9 Å². The molecule has 0 radical (unpaired) electrons. The first-order valence-corrected chi connectivity index (χ1v) is 7.50. The first kappa shape index (κ1) is 17.5. The van der Waals surface area contributed by atoms with E-state index in [9.17, 15) is 9.59 Å². The molecule has 0 aliphatic heterocycles. The van der Waals surface area contributed by atoms with Gasteiger partial charge in [0, 0.05) is 22.6 Å². The topological polar surface area (TPSA) is 67.4 Å². The number of halogens is 1. The fourth-order valence-corrected chi connectivity index (χ4v) is 1.77. The first-order chi connectivity index (χ1) is 9.67. The number of hydrogen-bond acceptors (Lipinski definition) is 3. The maximum absolute atomic E-state index is 11.9. The van der Waals surface area contributed by atoms with E-state index in [1.54, 1.807) is 52.0 Å². The molecule has 0 aliphatic rings. The molecule has 1 aromatic rings. The van der Waals surface area contributed by atoms with Gasteiger partial charge in [0.2, 0.25) is 0 Å². The average Bonchev–Trinajstić information content (AvgIpc) is 2.34. The molecule has 5 nitrogen and oxygen atoms in total. The number of hydrogen-bond donors (Lipinski definition) is 2. The molecular weight excluding hydrogens is 336 g/mol. The predicted molar refractivity (Wildman–Crippen MR) is 85.3 cm³/mol. The summed E-state index contributed by atoms with van der Waals surface area (Å²) in [6, 6.07) is 6.84. The fraction of sp³-hybridized carbons (Fsp3) is 0.467. The molecule has 1 rings (SSSR count). The zero-order valence-corrected chi connectivity index (χ0v) is 14.3. The molecule has 0 bridgehead atoms. The second kappa shape index (κ2) is 7.45. The lowest BCUT2D eigenvalue weighted by molar-refractivity contribution is 0.0506. The van der Waals surface area contributed by atoms with Crippen LogP contribution in [0.4, 0.5) is 4.79 Å². The van der Waals surface area contributed by atoms with Crippen molar-refractivity contribution in [3.05, 3.63) is 34.3 Å². The van der Waals surface area contributed by atoms with Crippen LogP contribution in [0.5, 0.6) is 0 Å². The number of ether oxygens (including phenoxy) is 1. The molecule has 0 saturated heterocycles. The molecule has 0 spiro atoms. The van der Waals surface area contributed by atoms with Gasteiger partial charge in [-0.25, -0.2) is 4.79 Å². The van der Waals surface area contributed by atoms with Gasteiger partial charge in [0.05, 0.1) is 0 Å². The normalized spacial score (nSPS) is 12.4. The van der Waals surface area contributed by atoms with E-state index < -0.39 is 11.7 Å². The molecular formula is C15H21BrN2O3. The lowest BCUT2D eigenvalue weighted by Crippen LogP contribution is -2.43. The van der Waals surface area contributed by atoms with Crippen LogP contribution in [0.25, 0.3) is 0 Å². The summed E-state index contributed by atoms with van der Waals surface area (Å²) in [5.74, 6) is -0.180. The van der Waals surface area contributed by atoms with E-state index >= 15 is 0 Å². The van der Waals surface area contributed by atoms with Crippen molar-refractivity contribution in [2.45, 2.75) is 39.3 Å². The second-order valence-corrected chi connectivity index (χ2v) is 6.68. The van der Waals surface area contributed by atoms with Gasteiger partial charge in [-0.2, -0.15) is 0 Å². The number of amides is 2. The van der Waals surface area contributed by atoms with Crippen LogP contribution in [0.1, 0.15) is 38.1 Å². The van der Waals surface area contributed by atoms with Crippen molar-refractivity contribution in [3.63, 3.8) is 0 Å². The molecule has 1 unspecified atom stereocenters. The minimum absolute atomic E-state index is 0.180. The Kier molecular flexibility index (Phi) is 6.20. The van der Waals surface area contributed by atoms with Crippen molar-refractivity contribution in [2.75, 3.05) is 6.54 Å². The van der Waals surface area contributed by atoms with Gasteiger partial charge in [0.1, 0.15) is 5.60 Å². The number of alkyl carbamates (subject to hydrolysis) is 1. The van der Waals surface area contributed by atoms with Gasteiger partial charge in [-0.1, -0.05) is 15.9 Å². The lowest BCUT2D eigenvalue weighted by Gasteiger charge is -2.22. The molecule has 116 valence electrons. The van der Waals surface area contributed by atoms with E-state index in [2.05, 4.69) is 26.6 Å². The minimum atomic E-state index is -0.537. The molecule has 0 saturated carbocycles. The molecule has 21 heavy (non-hydrogen) atoms. The summed E-state index contributed by atoms with van der Waals surface area (Å²) in [7, 11) is 0. The fourth-order valence-electron chi connectivity index (χ4n) is 1.51. The Morgan fingerprint density at radius 1 is 1.24 bits per heavy atom. The molecule has 1 aromatic carbocycles. The van der Waals surface area contributed by atoms with Gasteiger partial charge >= 0.3 is 6.09 Å². The van der Waals surface area contributed by atoms with Crippen LogP contribution in [-0.2, 0) is 4.74 Å². The summed E-state index contributed by atoms with van der Waals surface area (Å²) < 4.78 is 6.06. The SMILES string of the molecule is CC(CNC(=O)c1ccc(Br)cc1)NC(=O)OC(C)(C)C. The third kappa shape index (κ3) is 7.13. The van der Waals surface area contributed by atoms with Gasteiger partial charge in [-0.3, -0.25) is 4.79 Å². The van der Waals surface area contributed by atoms with Crippen molar-refractivity contribution in [1.82, 2.24) is 10.6 Å². The largest absolute Gasteiger partial charge is 0.444 e. The second-order valence-electron chi connectivity index (χ2n) is 5.76. The Hall–Kier alpha value is -1.56. The zero-order chi connectivity index (χ0) is 16.0. The van der Waals surface area contributed by atoms with E-state index in [0.29, 0.717) is 12.1 Å². The van der Waals surface area contributed by atoms with E-state index in [1.165, 1.54) is 0 Å². The van der Waals surface area contributed by atoms with Crippen molar-refractivity contribution in [1.29, 1.82) is 0 Å². The minimum Gasteiger partial charge on any atom is -0.444 e. The molecule has 0 heterocycles.